The Morgan fingerprint density at radius 1 is 1.82 bits per heavy atom. The maximum atomic E-state index is 8.59. The van der Waals surface area contributed by atoms with Gasteiger partial charge in [0.05, 0.1) is 18.1 Å². The van der Waals surface area contributed by atoms with E-state index in [0.29, 0.717) is 6.42 Å². The summed E-state index contributed by atoms with van der Waals surface area (Å²) in [5.74, 6) is 0. The standard InChI is InChI=1S/C7H13N3O/c1-10-4-7(9-5-10)6(8)2-3-11/h4-6,11H,2-3,8H2,1H3/t6-/m0/s1. The summed E-state index contributed by atoms with van der Waals surface area (Å²) in [5, 5.41) is 8.59. The summed E-state index contributed by atoms with van der Waals surface area (Å²) < 4.78 is 1.84. The summed E-state index contributed by atoms with van der Waals surface area (Å²) in [6, 6.07) is -0.138. The lowest BCUT2D eigenvalue weighted by Crippen LogP contribution is -2.12. The molecule has 11 heavy (non-hydrogen) atoms. The van der Waals surface area contributed by atoms with E-state index >= 15 is 0 Å². The highest BCUT2D eigenvalue weighted by atomic mass is 16.3. The first-order valence-corrected chi connectivity index (χ1v) is 3.58. The average molecular weight is 155 g/mol. The van der Waals surface area contributed by atoms with Crippen LogP contribution >= 0.6 is 0 Å². The highest BCUT2D eigenvalue weighted by Crippen LogP contribution is 2.09. The Labute approximate surface area is 65.7 Å². The molecule has 1 aromatic heterocycles. The van der Waals surface area contributed by atoms with Gasteiger partial charge in [0, 0.05) is 19.9 Å². The molecule has 0 aliphatic carbocycles. The van der Waals surface area contributed by atoms with Gasteiger partial charge in [0.25, 0.3) is 0 Å². The van der Waals surface area contributed by atoms with Crippen molar-refractivity contribution in [3.05, 3.63) is 18.2 Å². The lowest BCUT2D eigenvalue weighted by atomic mass is 10.2. The molecule has 0 saturated heterocycles. The van der Waals surface area contributed by atoms with Crippen molar-refractivity contribution in [2.45, 2.75) is 12.5 Å². The first-order chi connectivity index (χ1) is 5.24. The molecule has 0 saturated carbocycles. The molecule has 4 nitrogen and oxygen atoms in total. The summed E-state index contributed by atoms with van der Waals surface area (Å²) >= 11 is 0. The molecule has 1 heterocycles. The zero-order valence-electron chi connectivity index (χ0n) is 6.57. The number of hydrogen-bond acceptors (Lipinski definition) is 3. The van der Waals surface area contributed by atoms with E-state index in [4.69, 9.17) is 10.8 Å². The zero-order chi connectivity index (χ0) is 8.27. The second kappa shape index (κ2) is 3.50. The molecule has 62 valence electrons. The highest BCUT2D eigenvalue weighted by Gasteiger charge is 2.06. The smallest absolute Gasteiger partial charge is 0.0947 e. The van der Waals surface area contributed by atoms with Crippen molar-refractivity contribution in [2.24, 2.45) is 12.8 Å². The van der Waals surface area contributed by atoms with Crippen LogP contribution in [-0.2, 0) is 7.05 Å². The third-order valence-electron chi connectivity index (χ3n) is 1.54. The molecule has 1 atom stereocenters. The van der Waals surface area contributed by atoms with Crippen LogP contribution in [0, 0.1) is 0 Å². The van der Waals surface area contributed by atoms with E-state index in [1.165, 1.54) is 0 Å². The van der Waals surface area contributed by atoms with Gasteiger partial charge in [-0.2, -0.15) is 0 Å². The molecule has 0 bridgehead atoms. The second-order valence-corrected chi connectivity index (χ2v) is 2.58. The number of aliphatic hydroxyl groups excluding tert-OH is 1. The molecule has 3 N–H and O–H groups in total. The number of nitrogens with zero attached hydrogens (tertiary/aromatic N) is 2. The Bertz CT molecular complexity index is 221. The maximum absolute atomic E-state index is 8.59. The molecule has 0 aliphatic rings. The Balaban J connectivity index is 2.60. The minimum Gasteiger partial charge on any atom is -0.396 e. The first kappa shape index (κ1) is 8.23. The minimum absolute atomic E-state index is 0.109. The Kier molecular flexibility index (Phi) is 2.62. The van der Waals surface area contributed by atoms with Crippen LogP contribution < -0.4 is 5.73 Å². The predicted octanol–water partition coefficient (Wildman–Crippen LogP) is -0.198. The molecule has 4 heteroatoms. The lowest BCUT2D eigenvalue weighted by molar-refractivity contribution is 0.275. The highest BCUT2D eigenvalue weighted by molar-refractivity contribution is 5.02. The van der Waals surface area contributed by atoms with E-state index in [9.17, 15) is 0 Å². The monoisotopic (exact) mass is 155 g/mol. The molecule has 0 radical (unpaired) electrons. The van der Waals surface area contributed by atoms with Crippen molar-refractivity contribution < 1.29 is 5.11 Å². The molecule has 1 rings (SSSR count). The summed E-state index contributed by atoms with van der Waals surface area (Å²) in [6.07, 6.45) is 4.13. The molecule has 0 amide bonds. The molecule has 1 aromatic rings. The van der Waals surface area contributed by atoms with Crippen LogP contribution in [0.5, 0.6) is 0 Å². The molecule has 0 spiro atoms. The SMILES string of the molecule is Cn1cnc([C@@H](N)CCO)c1. The molecule has 0 aromatic carbocycles. The summed E-state index contributed by atoms with van der Waals surface area (Å²) in [4.78, 5) is 4.06. The van der Waals surface area contributed by atoms with E-state index in [-0.39, 0.29) is 12.6 Å². The van der Waals surface area contributed by atoms with Gasteiger partial charge in [-0.15, -0.1) is 0 Å². The van der Waals surface area contributed by atoms with Crippen LogP contribution in [0.15, 0.2) is 12.5 Å². The predicted molar refractivity (Wildman–Crippen MR) is 41.8 cm³/mol. The van der Waals surface area contributed by atoms with Gasteiger partial charge in [0.2, 0.25) is 0 Å². The third kappa shape index (κ3) is 2.03. The molecule has 0 fully saturated rings. The molecule has 0 aliphatic heterocycles. The van der Waals surface area contributed by atoms with Crippen LogP contribution in [0.3, 0.4) is 0 Å². The van der Waals surface area contributed by atoms with E-state index in [2.05, 4.69) is 4.98 Å². The van der Waals surface area contributed by atoms with Gasteiger partial charge >= 0.3 is 0 Å². The van der Waals surface area contributed by atoms with E-state index in [1.54, 1.807) is 6.33 Å². The van der Waals surface area contributed by atoms with Gasteiger partial charge in [-0.1, -0.05) is 0 Å². The van der Waals surface area contributed by atoms with Crippen molar-refractivity contribution in [3.63, 3.8) is 0 Å². The first-order valence-electron chi connectivity index (χ1n) is 3.58. The van der Waals surface area contributed by atoms with Crippen molar-refractivity contribution >= 4 is 0 Å². The maximum Gasteiger partial charge on any atom is 0.0947 e. The van der Waals surface area contributed by atoms with Crippen LogP contribution in [0.4, 0.5) is 0 Å². The largest absolute Gasteiger partial charge is 0.396 e. The van der Waals surface area contributed by atoms with Gasteiger partial charge in [0.1, 0.15) is 0 Å². The molecular weight excluding hydrogens is 142 g/mol. The van der Waals surface area contributed by atoms with Crippen LogP contribution in [0.1, 0.15) is 18.2 Å². The fourth-order valence-corrected chi connectivity index (χ4v) is 0.911. The van der Waals surface area contributed by atoms with Gasteiger partial charge < -0.3 is 15.4 Å². The van der Waals surface area contributed by atoms with Crippen molar-refractivity contribution in [1.82, 2.24) is 9.55 Å². The van der Waals surface area contributed by atoms with Crippen molar-refractivity contribution in [3.8, 4) is 0 Å². The summed E-state index contributed by atoms with van der Waals surface area (Å²) in [6.45, 7) is 0.109. The van der Waals surface area contributed by atoms with E-state index in [1.807, 2.05) is 17.8 Å². The van der Waals surface area contributed by atoms with Crippen molar-refractivity contribution in [2.75, 3.05) is 6.61 Å². The minimum atomic E-state index is -0.138. The van der Waals surface area contributed by atoms with Gasteiger partial charge in [-0.25, -0.2) is 4.98 Å². The number of aromatic nitrogens is 2. The number of hydrogen-bond donors (Lipinski definition) is 2. The number of nitrogens with two attached hydrogens (primary N) is 1. The average Bonchev–Trinajstić information content (AvgIpc) is 2.36. The molecular formula is C7H13N3O. The van der Waals surface area contributed by atoms with Crippen LogP contribution in [0.25, 0.3) is 0 Å². The number of aryl methyl sites for hydroxylation is 1. The summed E-state index contributed by atoms with van der Waals surface area (Å²) in [5.41, 5.74) is 6.52. The van der Waals surface area contributed by atoms with Crippen LogP contribution in [0.2, 0.25) is 0 Å². The number of imidazole rings is 1. The van der Waals surface area contributed by atoms with Crippen molar-refractivity contribution in [1.29, 1.82) is 0 Å². The fourth-order valence-electron chi connectivity index (χ4n) is 0.911. The zero-order valence-corrected chi connectivity index (χ0v) is 6.57. The summed E-state index contributed by atoms with van der Waals surface area (Å²) in [7, 11) is 1.89. The Hall–Kier alpha value is -0.870. The van der Waals surface area contributed by atoms with Gasteiger partial charge in [0.15, 0.2) is 0 Å². The van der Waals surface area contributed by atoms with Gasteiger partial charge in [-0.05, 0) is 6.42 Å². The third-order valence-corrected chi connectivity index (χ3v) is 1.54. The van der Waals surface area contributed by atoms with E-state index < -0.39 is 0 Å². The number of aliphatic hydroxyl groups is 1. The normalized spacial score (nSPS) is 13.4. The molecule has 0 unspecified atom stereocenters. The Morgan fingerprint density at radius 3 is 3.00 bits per heavy atom. The quantitative estimate of drug-likeness (QED) is 0.635. The van der Waals surface area contributed by atoms with Gasteiger partial charge in [-0.3, -0.25) is 0 Å². The second-order valence-electron chi connectivity index (χ2n) is 2.58. The van der Waals surface area contributed by atoms with E-state index in [0.717, 1.165) is 5.69 Å². The van der Waals surface area contributed by atoms with Crippen LogP contribution in [-0.4, -0.2) is 21.3 Å². The number of rotatable bonds is 3. The fraction of sp³-hybridized carbons (Fsp3) is 0.571. The Morgan fingerprint density at radius 2 is 2.55 bits per heavy atom. The lowest BCUT2D eigenvalue weighted by Gasteiger charge is -2.04. The topological polar surface area (TPSA) is 64.1 Å².